The number of nitro groups is 1. The molecule has 168 valence electrons. The van der Waals surface area contributed by atoms with Gasteiger partial charge in [0, 0.05) is 52.9 Å². The maximum absolute atomic E-state index is 12.4. The molecule has 0 spiro atoms. The van der Waals surface area contributed by atoms with E-state index in [9.17, 15) is 20.0 Å². The summed E-state index contributed by atoms with van der Waals surface area (Å²) in [6.07, 6.45) is 13.8. The van der Waals surface area contributed by atoms with Crippen LogP contribution in [0.15, 0.2) is 108 Å². The van der Waals surface area contributed by atoms with Gasteiger partial charge in [-0.25, -0.2) is 0 Å². The molecule has 0 amide bonds. The van der Waals surface area contributed by atoms with E-state index in [4.69, 9.17) is 0 Å². The molecule has 34 heavy (non-hydrogen) atoms. The molecule has 0 fully saturated rings. The molecule has 2 aromatic carbocycles. The number of allylic oxidation sites excluding steroid dienone is 2. The number of nitro benzene ring substituents is 1. The van der Waals surface area contributed by atoms with Gasteiger partial charge < -0.3 is 10.0 Å². The number of nitrogens with zero attached hydrogens (tertiary/aromatic N) is 3. The highest BCUT2D eigenvalue weighted by Gasteiger charge is 2.10. The number of hydrogen-bond donors (Lipinski definition) is 0. The van der Waals surface area contributed by atoms with Gasteiger partial charge in [0.1, 0.15) is 0 Å². The van der Waals surface area contributed by atoms with E-state index >= 15 is 0 Å². The van der Waals surface area contributed by atoms with Crippen molar-refractivity contribution in [1.82, 2.24) is 4.90 Å². The first-order valence-electron chi connectivity index (χ1n) is 10.2. The van der Waals surface area contributed by atoms with Crippen molar-refractivity contribution in [2.24, 2.45) is 0 Å². The number of aromatic nitrogens is 1. The van der Waals surface area contributed by atoms with Gasteiger partial charge in [0.2, 0.25) is 12.0 Å². The fraction of sp³-hybridized carbons (Fsp3) is 0. The van der Waals surface area contributed by atoms with Crippen LogP contribution in [-0.2, 0) is 0 Å². The van der Waals surface area contributed by atoms with E-state index in [1.165, 1.54) is 36.7 Å². The van der Waals surface area contributed by atoms with Crippen LogP contribution in [-0.4, -0.2) is 15.6 Å². The van der Waals surface area contributed by atoms with E-state index < -0.39 is 4.92 Å². The minimum atomic E-state index is -0.505. The van der Waals surface area contributed by atoms with E-state index in [2.05, 4.69) is 15.9 Å². The summed E-state index contributed by atoms with van der Waals surface area (Å²) in [5, 5.41) is 24.1. The summed E-state index contributed by atoms with van der Waals surface area (Å²) in [7, 11) is 0. The van der Waals surface area contributed by atoms with Crippen LogP contribution >= 0.6 is 15.9 Å². The van der Waals surface area contributed by atoms with Crippen LogP contribution in [0.4, 0.5) is 5.69 Å². The average Bonchev–Trinajstić information content (AvgIpc) is 2.85. The van der Waals surface area contributed by atoms with E-state index in [0.717, 1.165) is 15.3 Å². The highest BCUT2D eigenvalue weighted by Crippen LogP contribution is 2.17. The zero-order valence-electron chi connectivity index (χ0n) is 17.7. The van der Waals surface area contributed by atoms with Crippen molar-refractivity contribution in [3.8, 4) is 0 Å². The number of non-ortho nitro benzene ring substituents is 1. The first kappa shape index (κ1) is 22.9. The quantitative estimate of drug-likeness (QED) is 0.171. The second kappa shape index (κ2) is 10.1. The van der Waals surface area contributed by atoms with E-state index in [1.54, 1.807) is 46.1 Å². The van der Waals surface area contributed by atoms with Crippen LogP contribution in [0.3, 0.4) is 0 Å². The summed E-state index contributed by atoms with van der Waals surface area (Å²) >= 11 is 3.36. The Balaban J connectivity index is 1.48. The summed E-state index contributed by atoms with van der Waals surface area (Å²) in [6, 6.07) is 16.4. The molecule has 1 aliphatic rings. The zero-order valence-corrected chi connectivity index (χ0v) is 19.3. The smallest absolute Gasteiger partial charge is 0.269 e. The first-order chi connectivity index (χ1) is 16.4. The molecule has 4 rings (SSSR count). The predicted octanol–water partition coefficient (Wildman–Crippen LogP) is 3.39. The predicted molar refractivity (Wildman–Crippen MR) is 129 cm³/mol. The number of carbonyl (C=O) groups is 1. The number of hydrogen-bond acceptors (Lipinski definition) is 5. The third-order valence-electron chi connectivity index (χ3n) is 5.06. The summed E-state index contributed by atoms with van der Waals surface area (Å²) in [6.45, 7) is 0. The Morgan fingerprint density at radius 2 is 1.50 bits per heavy atom. The minimum absolute atomic E-state index is 0.0620. The van der Waals surface area contributed by atoms with Gasteiger partial charge in [-0.1, -0.05) is 33.8 Å². The summed E-state index contributed by atoms with van der Waals surface area (Å²) in [5.41, 5.74) is 1.86. The Bertz CT molecular complexity index is 1420. The maximum atomic E-state index is 12.4. The molecular formula is C26H18BrN3O4. The van der Waals surface area contributed by atoms with Crippen molar-refractivity contribution >= 4 is 38.7 Å². The third kappa shape index (κ3) is 5.54. The molecule has 3 aromatic rings. The molecule has 0 unspecified atom stereocenters. The van der Waals surface area contributed by atoms with Crippen molar-refractivity contribution in [1.29, 1.82) is 0 Å². The zero-order chi connectivity index (χ0) is 24.1. The largest absolute Gasteiger partial charge is 0.871 e. The van der Waals surface area contributed by atoms with Crippen molar-refractivity contribution < 1.29 is 19.1 Å². The lowest BCUT2D eigenvalue weighted by atomic mass is 10.1. The molecule has 0 bridgehead atoms. The van der Waals surface area contributed by atoms with Gasteiger partial charge >= 0.3 is 0 Å². The molecule has 0 N–H and O–H groups in total. The van der Waals surface area contributed by atoms with Gasteiger partial charge in [-0.15, -0.1) is 0 Å². The second-order valence-corrected chi connectivity index (χ2v) is 8.28. The van der Waals surface area contributed by atoms with Crippen molar-refractivity contribution in [2.45, 2.75) is 0 Å². The standard InChI is InChI=1S/C26H18BrN3O4/c27-23-5-1-21(2-6-23)25(31)17-28-13-9-19(10-14-28)20-11-15-29(16-12-20)18-26(32)22-3-7-24(8-4-22)30(33)34/h1-18H/b25-17-. The van der Waals surface area contributed by atoms with Gasteiger partial charge in [-0.3, -0.25) is 14.9 Å². The number of halogens is 1. The Hall–Kier alpha value is -4.30. The average molecular weight is 516 g/mol. The van der Waals surface area contributed by atoms with Crippen molar-refractivity contribution in [3.05, 3.63) is 141 Å². The number of ketones is 1. The van der Waals surface area contributed by atoms with Crippen LogP contribution < -0.4 is 14.6 Å². The highest BCUT2D eigenvalue weighted by molar-refractivity contribution is 9.10. The minimum Gasteiger partial charge on any atom is -0.871 e. The fourth-order valence-corrected chi connectivity index (χ4v) is 3.48. The van der Waals surface area contributed by atoms with Gasteiger partial charge in [-0.05, 0) is 52.8 Å². The Morgan fingerprint density at radius 3 is 2.09 bits per heavy atom. The van der Waals surface area contributed by atoms with Crippen LogP contribution in [0.1, 0.15) is 15.9 Å². The molecular weight excluding hydrogens is 498 g/mol. The molecule has 0 aliphatic carbocycles. The lowest BCUT2D eigenvalue weighted by Crippen LogP contribution is -2.22. The van der Waals surface area contributed by atoms with E-state index in [-0.39, 0.29) is 17.2 Å². The lowest BCUT2D eigenvalue weighted by molar-refractivity contribution is -0.505. The summed E-state index contributed by atoms with van der Waals surface area (Å²) in [4.78, 5) is 24.4. The third-order valence-corrected chi connectivity index (χ3v) is 5.59. The second-order valence-electron chi connectivity index (χ2n) is 7.37. The van der Waals surface area contributed by atoms with Gasteiger partial charge in [-0.2, -0.15) is 4.24 Å². The Kier molecular flexibility index (Phi) is 6.79. The molecule has 7 nitrogen and oxygen atoms in total. The van der Waals surface area contributed by atoms with Crippen molar-refractivity contribution in [3.63, 3.8) is 0 Å². The van der Waals surface area contributed by atoms with Gasteiger partial charge in [0.05, 0.1) is 4.92 Å². The normalized spacial score (nSPS) is 13.1. The molecule has 0 saturated carbocycles. The fourth-order valence-electron chi connectivity index (χ4n) is 3.21. The topological polar surface area (TPSA) is 92.4 Å². The Labute approximate surface area is 203 Å². The van der Waals surface area contributed by atoms with Gasteiger partial charge in [0.15, 0.2) is 12.4 Å². The molecule has 2 heterocycles. The maximum Gasteiger partial charge on any atom is 0.269 e. The van der Waals surface area contributed by atoms with Crippen LogP contribution in [0.5, 0.6) is 0 Å². The Morgan fingerprint density at radius 1 is 0.912 bits per heavy atom. The lowest BCUT2D eigenvalue weighted by Gasteiger charge is -2.20. The van der Waals surface area contributed by atoms with E-state index in [1.807, 2.05) is 36.4 Å². The van der Waals surface area contributed by atoms with Gasteiger partial charge in [0.25, 0.3) is 5.69 Å². The SMILES string of the molecule is O=C(C=[n+]1ccc(=C2C=CN(/C=C(\[O-])c3ccc(Br)cc3)C=C2)cc1)c1ccc([N+](=O)[O-])cc1. The molecule has 0 saturated heterocycles. The highest BCUT2D eigenvalue weighted by atomic mass is 79.9. The number of benzene rings is 2. The summed E-state index contributed by atoms with van der Waals surface area (Å²) < 4.78 is 2.54. The molecule has 8 heteroatoms. The molecule has 1 aliphatic heterocycles. The molecule has 1 aromatic heterocycles. The number of carbonyl (C=O) groups excluding carboxylic acids is 1. The van der Waals surface area contributed by atoms with Crippen LogP contribution in [0, 0.1) is 16.3 Å². The van der Waals surface area contributed by atoms with Crippen LogP contribution in [0.25, 0.3) is 11.3 Å². The summed E-state index contributed by atoms with van der Waals surface area (Å²) in [5.74, 6) is -0.362. The molecule has 0 radical (unpaired) electrons. The van der Waals surface area contributed by atoms with E-state index in [0.29, 0.717) is 11.1 Å². The van der Waals surface area contributed by atoms with Crippen LogP contribution in [0.2, 0.25) is 0 Å². The van der Waals surface area contributed by atoms with Crippen molar-refractivity contribution in [2.75, 3.05) is 0 Å². The monoisotopic (exact) mass is 515 g/mol. The molecule has 0 atom stereocenters. The number of Topliss-reactive ketones (excluding diaryl/α,β-unsaturated/α-hetero) is 1. The number of rotatable bonds is 5. The number of pyridine rings is 1. The first-order valence-corrected chi connectivity index (χ1v) is 11.0.